The zero-order valence-electron chi connectivity index (χ0n) is 75.0. The molecule has 3 heteroatoms. The summed E-state index contributed by atoms with van der Waals surface area (Å²) in [5, 5.41) is 0. The van der Waals surface area contributed by atoms with Gasteiger partial charge < -0.3 is 14.7 Å². The van der Waals surface area contributed by atoms with Crippen LogP contribution in [0, 0.1) is 0 Å². The molecule has 135 heavy (non-hydrogen) atoms. The summed E-state index contributed by atoms with van der Waals surface area (Å²) < 4.78 is 0. The van der Waals surface area contributed by atoms with Crippen molar-refractivity contribution in [3.8, 4) is 0 Å². The Bertz CT molecular complexity index is 6410. The molecule has 19 aromatic carbocycles. The average Bonchev–Trinajstić information content (AvgIpc) is 0.806. The van der Waals surface area contributed by atoms with E-state index in [0.717, 1.165) is 151 Å². The van der Waals surface area contributed by atoms with Crippen molar-refractivity contribution >= 4 is 122 Å². The van der Waals surface area contributed by atoms with E-state index >= 15 is 0 Å². The summed E-state index contributed by atoms with van der Waals surface area (Å²) in [7, 11) is 0. The van der Waals surface area contributed by atoms with Gasteiger partial charge in [-0.2, -0.15) is 0 Å². The Labute approximate surface area is 794 Å². The van der Waals surface area contributed by atoms with Crippen LogP contribution in [0.15, 0.2) is 546 Å². The molecule has 0 aliphatic heterocycles. The average molecular weight is 1730 g/mol. The van der Waals surface area contributed by atoms with Crippen LogP contribution in [-0.2, 0) is 0 Å². The summed E-state index contributed by atoms with van der Waals surface area (Å²) in [4.78, 5) is 6.96. The number of hydrogen-bond acceptors (Lipinski definition) is 3. The van der Waals surface area contributed by atoms with Gasteiger partial charge in [0.25, 0.3) is 0 Å². The summed E-state index contributed by atoms with van der Waals surface area (Å²) in [5.74, 6) is 0. The first-order valence-electron chi connectivity index (χ1n) is 46.0. The van der Waals surface area contributed by atoms with Crippen molar-refractivity contribution in [1.29, 1.82) is 0 Å². The molecule has 0 unspecified atom stereocenters. The molecule has 0 N–H and O–H groups in total. The highest BCUT2D eigenvalue weighted by molar-refractivity contribution is 5.96. The lowest BCUT2D eigenvalue weighted by atomic mass is 9.95. The SMILES string of the molecule is C(=C(c1ccccc1)c1ccccc1)c1ccc(N(C=C(c2ccccc2)c2ccccc2)c2ccc(/C=C/c3cc(/C=C/c4ccc(N(C=C(c5ccccc5)c5ccccc5)c5ccc(C=C(c6ccccc6)c6ccccc6)cc5)cc4)cc(/C=C/c4ccc(N(C=C(c5ccccc5)c5ccccc5)c5ccc(C=C(c6ccccc6)c6ccccc6)cc5)cc4)c3)cc2)cc1. The van der Waals surface area contributed by atoms with Gasteiger partial charge in [-0.1, -0.05) is 473 Å². The summed E-state index contributed by atoms with van der Waals surface area (Å²) >= 11 is 0. The number of anilines is 6. The Balaban J connectivity index is 0.673. The van der Waals surface area contributed by atoms with Crippen molar-refractivity contribution in [2.45, 2.75) is 0 Å². The van der Waals surface area contributed by atoms with Crippen LogP contribution in [0.4, 0.5) is 34.1 Å². The minimum Gasteiger partial charge on any atom is -0.317 e. The standard InChI is InChI=1S/C132H99N3/c1-13-37-109(38-14-1)127(110-39-15-2-16-40-110)94-103-73-85-124(86-74-103)133(97-130(115-49-25-7-26-50-115)116-51-27-8-28-52-116)121-79-67-100(68-80-121)61-64-106-91-107(65-62-101-69-81-122(82-70-101)134(98-131(117-53-29-9-30-54-117)118-55-31-10-32-56-118)125-87-75-104(76-88-125)95-128(111-41-17-3-18-42-111)112-43-19-4-20-44-112)93-108(92-106)66-63-102-71-83-123(84-72-102)135(99-132(119-57-33-11-34-58-119)120-59-35-12-36-60-120)126-89-77-105(78-90-126)96-129(113-45-21-5-22-46-113)114-47-23-6-24-48-114/h1-99H/b64-61+,65-62+,66-63+. The second-order valence-corrected chi connectivity index (χ2v) is 33.3. The van der Waals surface area contributed by atoms with E-state index in [1.807, 2.05) is 0 Å². The van der Waals surface area contributed by atoms with Gasteiger partial charge in [0.05, 0.1) is 0 Å². The van der Waals surface area contributed by atoms with Gasteiger partial charge in [-0.15, -0.1) is 0 Å². The van der Waals surface area contributed by atoms with Crippen LogP contribution in [0.1, 0.15) is 117 Å². The quantitative estimate of drug-likeness (QED) is 0.0416. The molecular formula is C132H99N3. The van der Waals surface area contributed by atoms with Gasteiger partial charge in [-0.05, 0) is 243 Å². The maximum Gasteiger partial charge on any atom is 0.0456 e. The van der Waals surface area contributed by atoms with E-state index in [4.69, 9.17) is 0 Å². The third-order valence-corrected chi connectivity index (χ3v) is 24.2. The Morgan fingerprint density at radius 1 is 0.119 bits per heavy atom. The fourth-order valence-electron chi connectivity index (χ4n) is 17.1. The normalized spacial score (nSPS) is 11.0. The second kappa shape index (κ2) is 43.1. The predicted molar refractivity (Wildman–Crippen MR) is 578 cm³/mol. The van der Waals surface area contributed by atoms with Crippen molar-refractivity contribution in [1.82, 2.24) is 0 Å². The van der Waals surface area contributed by atoms with Crippen LogP contribution in [0.5, 0.6) is 0 Å². The van der Waals surface area contributed by atoms with Crippen molar-refractivity contribution in [2.75, 3.05) is 14.7 Å². The Morgan fingerprint density at radius 2 is 0.244 bits per heavy atom. The fraction of sp³-hybridized carbons (Fsp3) is 0. The lowest BCUT2D eigenvalue weighted by Gasteiger charge is -2.24. The monoisotopic (exact) mass is 1730 g/mol. The van der Waals surface area contributed by atoms with E-state index < -0.39 is 0 Å². The minimum atomic E-state index is 1.02. The Morgan fingerprint density at radius 3 is 0.393 bits per heavy atom. The largest absolute Gasteiger partial charge is 0.317 e. The third-order valence-electron chi connectivity index (χ3n) is 24.2. The molecule has 0 bridgehead atoms. The van der Waals surface area contributed by atoms with Crippen LogP contribution in [-0.4, -0.2) is 0 Å². The van der Waals surface area contributed by atoms with Crippen molar-refractivity contribution in [3.63, 3.8) is 0 Å². The molecule has 0 saturated heterocycles. The molecule has 19 rings (SSSR count). The molecule has 642 valence electrons. The lowest BCUT2D eigenvalue weighted by Crippen LogP contribution is -2.10. The van der Waals surface area contributed by atoms with E-state index in [1.54, 1.807) is 0 Å². The summed E-state index contributed by atoms with van der Waals surface area (Å²) in [6.07, 6.45) is 27.2. The molecule has 3 nitrogen and oxygen atoms in total. The van der Waals surface area contributed by atoms with Gasteiger partial charge in [-0.3, -0.25) is 0 Å². The number of rotatable bonds is 30. The van der Waals surface area contributed by atoms with Gasteiger partial charge in [0.15, 0.2) is 0 Å². The molecule has 0 spiro atoms. The second-order valence-electron chi connectivity index (χ2n) is 33.3. The first-order chi connectivity index (χ1) is 66.9. The number of nitrogens with zero attached hydrogens (tertiary/aromatic N) is 3. The van der Waals surface area contributed by atoms with Gasteiger partial charge in [0.2, 0.25) is 0 Å². The lowest BCUT2D eigenvalue weighted by molar-refractivity contribution is 1.28. The van der Waals surface area contributed by atoms with Crippen LogP contribution >= 0.6 is 0 Å². The van der Waals surface area contributed by atoms with E-state index in [9.17, 15) is 0 Å². The van der Waals surface area contributed by atoms with Crippen molar-refractivity contribution in [2.24, 2.45) is 0 Å². The van der Waals surface area contributed by atoms with Crippen LogP contribution in [0.25, 0.3) is 88.1 Å². The summed E-state index contributed by atoms with van der Waals surface area (Å²) in [6.45, 7) is 0. The number of benzene rings is 19. The van der Waals surface area contributed by atoms with Crippen molar-refractivity contribution < 1.29 is 0 Å². The zero-order valence-corrected chi connectivity index (χ0v) is 75.0. The van der Waals surface area contributed by atoms with Crippen molar-refractivity contribution in [3.05, 3.63) is 663 Å². The van der Waals surface area contributed by atoms with Gasteiger partial charge >= 0.3 is 0 Å². The maximum atomic E-state index is 2.32. The molecule has 0 aliphatic carbocycles. The maximum absolute atomic E-state index is 2.32. The van der Waals surface area contributed by atoms with Crippen LogP contribution < -0.4 is 14.7 Å². The summed E-state index contributed by atoms with van der Waals surface area (Å²) in [5.41, 5.74) is 36.4. The fourth-order valence-corrected chi connectivity index (χ4v) is 17.1. The first-order valence-corrected chi connectivity index (χ1v) is 46.0. The van der Waals surface area contributed by atoms with E-state index in [1.165, 1.54) is 33.4 Å². The minimum absolute atomic E-state index is 1.02. The molecule has 0 aromatic heterocycles. The molecule has 0 saturated carbocycles. The molecule has 0 amide bonds. The number of hydrogen-bond donors (Lipinski definition) is 0. The molecule has 0 atom stereocenters. The highest BCUT2D eigenvalue weighted by atomic mass is 15.1. The first kappa shape index (κ1) is 86.6. The molecular weight excluding hydrogens is 1630 g/mol. The van der Waals surface area contributed by atoms with Gasteiger partial charge in [0, 0.05) is 69.4 Å². The molecule has 0 radical (unpaired) electrons. The smallest absolute Gasteiger partial charge is 0.0456 e. The Kier molecular flexibility index (Phi) is 27.7. The highest BCUT2D eigenvalue weighted by Gasteiger charge is 2.19. The van der Waals surface area contributed by atoms with Crippen LogP contribution in [0.3, 0.4) is 0 Å². The highest BCUT2D eigenvalue weighted by Crippen LogP contribution is 2.40. The molecule has 0 fully saturated rings. The molecule has 19 aromatic rings. The third kappa shape index (κ3) is 22.2. The zero-order chi connectivity index (χ0) is 90.8. The molecule has 0 aliphatic rings. The topological polar surface area (TPSA) is 9.72 Å². The van der Waals surface area contributed by atoms with E-state index in [0.29, 0.717) is 0 Å². The van der Waals surface area contributed by atoms with E-state index in [2.05, 4.69) is 616 Å². The van der Waals surface area contributed by atoms with Crippen LogP contribution in [0.2, 0.25) is 0 Å². The van der Waals surface area contributed by atoms with Gasteiger partial charge in [-0.25, -0.2) is 0 Å². The van der Waals surface area contributed by atoms with Gasteiger partial charge in [0.1, 0.15) is 0 Å². The predicted octanol–water partition coefficient (Wildman–Crippen LogP) is 34.6. The Hall–Kier alpha value is -17.8. The van der Waals surface area contributed by atoms with E-state index in [-0.39, 0.29) is 0 Å². The molecule has 0 heterocycles. The summed E-state index contributed by atoms with van der Waals surface area (Å²) in [6, 6.07) is 188.